The van der Waals surface area contributed by atoms with Gasteiger partial charge in [-0.15, -0.1) is 0 Å². The Morgan fingerprint density at radius 3 is 2.65 bits per heavy atom. The molecule has 1 aromatic heterocycles. The van der Waals surface area contributed by atoms with Gasteiger partial charge in [0.25, 0.3) is 5.91 Å². The van der Waals surface area contributed by atoms with Crippen molar-refractivity contribution in [2.24, 2.45) is 0 Å². The largest absolute Gasteiger partial charge is 0.348 e. The summed E-state index contributed by atoms with van der Waals surface area (Å²) in [5.41, 5.74) is 1.92. The van der Waals surface area contributed by atoms with Crippen LogP contribution in [0.1, 0.15) is 21.6 Å². The van der Waals surface area contributed by atoms with Crippen molar-refractivity contribution in [1.82, 2.24) is 15.3 Å². The van der Waals surface area contributed by atoms with Gasteiger partial charge < -0.3 is 5.32 Å². The van der Waals surface area contributed by atoms with Crippen molar-refractivity contribution in [1.29, 1.82) is 0 Å². The van der Waals surface area contributed by atoms with E-state index in [4.69, 9.17) is 0 Å². The van der Waals surface area contributed by atoms with E-state index in [0.29, 0.717) is 23.0 Å². The lowest BCUT2D eigenvalue weighted by atomic mass is 10.2. The summed E-state index contributed by atoms with van der Waals surface area (Å²) in [4.78, 5) is 20.3. The van der Waals surface area contributed by atoms with Crippen LogP contribution in [0.25, 0.3) is 0 Å². The molecule has 2 rings (SSSR count). The number of nitrogens with zero attached hydrogens (tertiary/aromatic N) is 2. The van der Waals surface area contributed by atoms with Crippen molar-refractivity contribution in [3.8, 4) is 0 Å². The van der Waals surface area contributed by atoms with Crippen LogP contribution in [0.5, 0.6) is 0 Å². The highest BCUT2D eigenvalue weighted by Gasteiger charge is 2.11. The van der Waals surface area contributed by atoms with Gasteiger partial charge in [0.1, 0.15) is 5.82 Å². The van der Waals surface area contributed by atoms with Gasteiger partial charge in [0.05, 0.1) is 11.3 Å². The van der Waals surface area contributed by atoms with Crippen LogP contribution < -0.4 is 5.32 Å². The minimum Gasteiger partial charge on any atom is -0.348 e. The summed E-state index contributed by atoms with van der Waals surface area (Å²) in [7, 11) is 0. The van der Waals surface area contributed by atoms with Crippen LogP contribution >= 0.6 is 11.8 Å². The van der Waals surface area contributed by atoms with Crippen molar-refractivity contribution in [3.05, 3.63) is 53.1 Å². The smallest absolute Gasteiger partial charge is 0.254 e. The Morgan fingerprint density at radius 1 is 1.35 bits per heavy atom. The van der Waals surface area contributed by atoms with Crippen LogP contribution in [0, 0.1) is 12.7 Å². The number of rotatable bonds is 4. The van der Waals surface area contributed by atoms with Gasteiger partial charge in [-0.05, 0) is 30.9 Å². The SMILES string of the molecule is CSc1ncc(C(=O)NCc2ccc(F)cc2)c(C)n1. The van der Waals surface area contributed by atoms with Gasteiger partial charge in [-0.2, -0.15) is 0 Å². The van der Waals surface area contributed by atoms with Gasteiger partial charge in [0, 0.05) is 12.7 Å². The van der Waals surface area contributed by atoms with E-state index in [9.17, 15) is 9.18 Å². The van der Waals surface area contributed by atoms with Gasteiger partial charge in [0.15, 0.2) is 5.16 Å². The monoisotopic (exact) mass is 291 g/mol. The molecule has 1 N–H and O–H groups in total. The highest BCUT2D eigenvalue weighted by Crippen LogP contribution is 2.11. The number of thioether (sulfide) groups is 1. The zero-order valence-corrected chi connectivity index (χ0v) is 12.0. The van der Waals surface area contributed by atoms with Crippen LogP contribution in [-0.4, -0.2) is 22.1 Å². The fourth-order valence-electron chi connectivity index (χ4n) is 1.65. The first-order valence-electron chi connectivity index (χ1n) is 6.00. The number of benzene rings is 1. The molecule has 0 unspecified atom stereocenters. The fraction of sp³-hybridized carbons (Fsp3) is 0.214. The molecule has 0 aliphatic heterocycles. The Hall–Kier alpha value is -1.95. The fourth-order valence-corrected chi connectivity index (χ4v) is 2.03. The highest BCUT2D eigenvalue weighted by atomic mass is 32.2. The minimum absolute atomic E-state index is 0.237. The predicted molar refractivity (Wildman–Crippen MR) is 76.1 cm³/mol. The lowest BCUT2D eigenvalue weighted by Gasteiger charge is -2.07. The van der Waals surface area contributed by atoms with Crippen LogP contribution in [0.4, 0.5) is 4.39 Å². The van der Waals surface area contributed by atoms with E-state index in [1.807, 2.05) is 6.26 Å². The Morgan fingerprint density at radius 2 is 2.05 bits per heavy atom. The molecule has 0 aliphatic rings. The molecule has 0 fully saturated rings. The maximum atomic E-state index is 12.8. The maximum Gasteiger partial charge on any atom is 0.254 e. The minimum atomic E-state index is -0.294. The van der Waals surface area contributed by atoms with E-state index in [1.54, 1.807) is 19.1 Å². The second kappa shape index (κ2) is 6.47. The molecule has 1 amide bonds. The molecule has 4 nitrogen and oxygen atoms in total. The molecule has 0 saturated carbocycles. The van der Waals surface area contributed by atoms with Gasteiger partial charge in [0.2, 0.25) is 0 Å². The third-order valence-corrected chi connectivity index (χ3v) is 3.31. The first-order valence-corrected chi connectivity index (χ1v) is 7.23. The van der Waals surface area contributed by atoms with Crippen molar-refractivity contribution in [2.45, 2.75) is 18.6 Å². The number of hydrogen-bond acceptors (Lipinski definition) is 4. The van der Waals surface area contributed by atoms with E-state index in [1.165, 1.54) is 30.1 Å². The number of amides is 1. The van der Waals surface area contributed by atoms with E-state index in [0.717, 1.165) is 5.56 Å². The van der Waals surface area contributed by atoms with Crippen molar-refractivity contribution in [2.75, 3.05) is 6.26 Å². The summed E-state index contributed by atoms with van der Waals surface area (Å²) in [6.45, 7) is 2.11. The molecule has 0 bridgehead atoms. The van der Waals surface area contributed by atoms with Crippen molar-refractivity contribution >= 4 is 17.7 Å². The zero-order chi connectivity index (χ0) is 14.5. The molecule has 2 aromatic rings. The maximum absolute atomic E-state index is 12.8. The van der Waals surface area contributed by atoms with Gasteiger partial charge in [-0.25, -0.2) is 14.4 Å². The molecule has 0 saturated heterocycles. The Bertz CT molecular complexity index is 616. The normalized spacial score (nSPS) is 10.3. The first kappa shape index (κ1) is 14.5. The third kappa shape index (κ3) is 3.54. The zero-order valence-electron chi connectivity index (χ0n) is 11.2. The Balaban J connectivity index is 2.03. The van der Waals surface area contributed by atoms with Crippen LogP contribution in [0.15, 0.2) is 35.6 Å². The summed E-state index contributed by atoms with van der Waals surface area (Å²) in [5.74, 6) is -0.531. The van der Waals surface area contributed by atoms with Crippen molar-refractivity contribution < 1.29 is 9.18 Å². The van der Waals surface area contributed by atoms with Crippen molar-refractivity contribution in [3.63, 3.8) is 0 Å². The lowest BCUT2D eigenvalue weighted by molar-refractivity contribution is 0.0949. The number of nitrogens with one attached hydrogen (secondary N) is 1. The molecular weight excluding hydrogens is 277 g/mol. The van der Waals surface area contributed by atoms with E-state index < -0.39 is 0 Å². The summed E-state index contributed by atoms with van der Waals surface area (Å²) in [6.07, 6.45) is 3.40. The number of aromatic nitrogens is 2. The summed E-state index contributed by atoms with van der Waals surface area (Å²) in [5, 5.41) is 3.40. The number of aryl methyl sites for hydroxylation is 1. The second-order valence-corrected chi connectivity index (χ2v) is 4.94. The number of hydrogen-bond donors (Lipinski definition) is 1. The van der Waals surface area contributed by atoms with Gasteiger partial charge >= 0.3 is 0 Å². The summed E-state index contributed by atoms with van der Waals surface area (Å²) in [6, 6.07) is 6.00. The van der Waals surface area contributed by atoms with E-state index in [-0.39, 0.29) is 11.7 Å². The van der Waals surface area contributed by atoms with Crippen LogP contribution in [0.2, 0.25) is 0 Å². The second-order valence-electron chi connectivity index (χ2n) is 4.16. The molecule has 1 aromatic carbocycles. The Kier molecular flexibility index (Phi) is 4.68. The predicted octanol–water partition coefficient (Wildman–Crippen LogP) is 2.58. The molecule has 20 heavy (non-hydrogen) atoms. The average molecular weight is 291 g/mol. The molecule has 0 radical (unpaired) electrons. The van der Waals surface area contributed by atoms with E-state index in [2.05, 4.69) is 15.3 Å². The quantitative estimate of drug-likeness (QED) is 0.695. The lowest BCUT2D eigenvalue weighted by Crippen LogP contribution is -2.24. The number of carbonyl (C=O) groups excluding carboxylic acids is 1. The van der Waals surface area contributed by atoms with Crippen LogP contribution in [-0.2, 0) is 6.54 Å². The molecule has 6 heteroatoms. The number of halogens is 1. The topological polar surface area (TPSA) is 54.9 Å². The van der Waals surface area contributed by atoms with Crippen LogP contribution in [0.3, 0.4) is 0 Å². The van der Waals surface area contributed by atoms with Gasteiger partial charge in [-0.1, -0.05) is 23.9 Å². The van der Waals surface area contributed by atoms with Gasteiger partial charge in [-0.3, -0.25) is 4.79 Å². The molecule has 0 aliphatic carbocycles. The molecule has 104 valence electrons. The first-order chi connectivity index (χ1) is 9.60. The highest BCUT2D eigenvalue weighted by molar-refractivity contribution is 7.98. The number of carbonyl (C=O) groups is 1. The third-order valence-electron chi connectivity index (χ3n) is 2.75. The summed E-state index contributed by atoms with van der Waals surface area (Å²) >= 11 is 1.43. The average Bonchev–Trinajstić information content (AvgIpc) is 2.46. The molecule has 1 heterocycles. The Labute approximate surface area is 120 Å². The molecule has 0 atom stereocenters. The standard InChI is InChI=1S/C14H14FN3OS/c1-9-12(8-17-14(18-9)20-2)13(19)16-7-10-3-5-11(15)6-4-10/h3-6,8H,7H2,1-2H3,(H,16,19). The summed E-state index contributed by atoms with van der Waals surface area (Å²) < 4.78 is 12.8. The van der Waals surface area contributed by atoms with E-state index >= 15 is 0 Å². The molecular formula is C14H14FN3OS. The molecule has 0 spiro atoms.